The molecule has 0 radical (unpaired) electrons. The molecule has 0 fully saturated rings. The minimum Gasteiger partial charge on any atom is -0.396 e. The van der Waals surface area contributed by atoms with Gasteiger partial charge in [-0.05, 0) is 12.8 Å². The Morgan fingerprint density at radius 2 is 2.27 bits per heavy atom. The van der Waals surface area contributed by atoms with Crippen molar-refractivity contribution in [2.45, 2.75) is 25.8 Å². The van der Waals surface area contributed by atoms with Crippen LogP contribution in [0.2, 0.25) is 0 Å². The third-order valence-electron chi connectivity index (χ3n) is 2.12. The molecule has 15 heavy (non-hydrogen) atoms. The Bertz CT molecular complexity index is 348. The first kappa shape index (κ1) is 11.4. The Morgan fingerprint density at radius 3 is 2.87 bits per heavy atom. The summed E-state index contributed by atoms with van der Waals surface area (Å²) in [7, 11) is 0. The minimum absolute atomic E-state index is 0.119. The quantitative estimate of drug-likeness (QED) is 0.748. The molecule has 0 amide bonds. The SMILES string of the molecule is CCC(CCO)Nc1nccnc1C#N. The molecule has 0 saturated carbocycles. The second kappa shape index (κ2) is 5.94. The van der Waals surface area contributed by atoms with Crippen LogP contribution in [0.3, 0.4) is 0 Å². The summed E-state index contributed by atoms with van der Waals surface area (Å²) in [6.45, 7) is 2.13. The van der Waals surface area contributed by atoms with Crippen LogP contribution >= 0.6 is 0 Å². The maximum Gasteiger partial charge on any atom is 0.182 e. The van der Waals surface area contributed by atoms with Gasteiger partial charge < -0.3 is 10.4 Å². The topological polar surface area (TPSA) is 81.8 Å². The van der Waals surface area contributed by atoms with Crippen LogP contribution in [0.15, 0.2) is 12.4 Å². The van der Waals surface area contributed by atoms with Gasteiger partial charge in [0, 0.05) is 25.0 Å². The number of nitriles is 1. The summed E-state index contributed by atoms with van der Waals surface area (Å²) in [4.78, 5) is 7.94. The van der Waals surface area contributed by atoms with E-state index in [2.05, 4.69) is 15.3 Å². The molecule has 0 aliphatic rings. The van der Waals surface area contributed by atoms with Gasteiger partial charge >= 0.3 is 0 Å². The molecule has 1 atom stereocenters. The molecule has 5 heteroatoms. The van der Waals surface area contributed by atoms with Crippen LogP contribution in [0.4, 0.5) is 5.82 Å². The predicted octanol–water partition coefficient (Wildman–Crippen LogP) is 0.921. The van der Waals surface area contributed by atoms with Gasteiger partial charge in [0.05, 0.1) is 0 Å². The highest BCUT2D eigenvalue weighted by molar-refractivity contribution is 5.47. The second-order valence-electron chi connectivity index (χ2n) is 3.13. The Labute approximate surface area is 88.8 Å². The van der Waals surface area contributed by atoms with Gasteiger partial charge in [-0.2, -0.15) is 5.26 Å². The van der Waals surface area contributed by atoms with Crippen molar-refractivity contribution in [1.29, 1.82) is 5.26 Å². The van der Waals surface area contributed by atoms with Crippen LogP contribution in [0.5, 0.6) is 0 Å². The first-order valence-electron chi connectivity index (χ1n) is 4.90. The predicted molar refractivity (Wildman–Crippen MR) is 56.2 cm³/mol. The van der Waals surface area contributed by atoms with Crippen molar-refractivity contribution in [1.82, 2.24) is 9.97 Å². The standard InChI is InChI=1S/C10H14N4O/c1-2-8(3-6-15)14-10-9(7-11)12-4-5-13-10/h4-5,8,15H,2-3,6H2,1H3,(H,13,14). The Kier molecular flexibility index (Phi) is 4.51. The van der Waals surface area contributed by atoms with E-state index < -0.39 is 0 Å². The van der Waals surface area contributed by atoms with Gasteiger partial charge in [0.1, 0.15) is 6.07 Å². The van der Waals surface area contributed by atoms with Crippen LogP contribution < -0.4 is 5.32 Å². The van der Waals surface area contributed by atoms with Gasteiger partial charge in [-0.3, -0.25) is 0 Å². The van der Waals surface area contributed by atoms with Gasteiger partial charge in [-0.1, -0.05) is 6.92 Å². The lowest BCUT2D eigenvalue weighted by Gasteiger charge is -2.16. The number of aliphatic hydroxyl groups excluding tert-OH is 1. The van der Waals surface area contributed by atoms with Gasteiger partial charge in [0.25, 0.3) is 0 Å². The highest BCUT2D eigenvalue weighted by Crippen LogP contribution is 2.11. The molecule has 0 saturated heterocycles. The van der Waals surface area contributed by atoms with E-state index in [-0.39, 0.29) is 18.3 Å². The molecular formula is C10H14N4O. The summed E-state index contributed by atoms with van der Waals surface area (Å²) in [5, 5.41) is 20.7. The van der Waals surface area contributed by atoms with E-state index in [0.29, 0.717) is 12.2 Å². The highest BCUT2D eigenvalue weighted by atomic mass is 16.3. The minimum atomic E-state index is 0.119. The smallest absolute Gasteiger partial charge is 0.182 e. The Balaban J connectivity index is 2.74. The number of aromatic nitrogens is 2. The molecule has 1 aromatic rings. The maximum absolute atomic E-state index is 8.83. The van der Waals surface area contributed by atoms with Crippen molar-refractivity contribution in [3.63, 3.8) is 0 Å². The Morgan fingerprint density at radius 1 is 1.53 bits per heavy atom. The van der Waals surface area contributed by atoms with E-state index in [9.17, 15) is 0 Å². The third kappa shape index (κ3) is 3.18. The first-order valence-corrected chi connectivity index (χ1v) is 4.90. The number of hydrogen-bond donors (Lipinski definition) is 2. The fourth-order valence-electron chi connectivity index (χ4n) is 1.25. The van der Waals surface area contributed by atoms with Crippen molar-refractivity contribution in [2.75, 3.05) is 11.9 Å². The highest BCUT2D eigenvalue weighted by Gasteiger charge is 2.09. The molecule has 0 aliphatic heterocycles. The van der Waals surface area contributed by atoms with E-state index in [1.807, 2.05) is 13.0 Å². The lowest BCUT2D eigenvalue weighted by molar-refractivity contribution is 0.278. The molecule has 1 unspecified atom stereocenters. The van der Waals surface area contributed by atoms with E-state index >= 15 is 0 Å². The molecule has 0 bridgehead atoms. The average Bonchev–Trinajstić information content (AvgIpc) is 2.29. The van der Waals surface area contributed by atoms with Gasteiger partial charge in [-0.15, -0.1) is 0 Å². The van der Waals surface area contributed by atoms with Crippen LogP contribution in [0.25, 0.3) is 0 Å². The number of nitrogens with zero attached hydrogens (tertiary/aromatic N) is 3. The monoisotopic (exact) mass is 206 g/mol. The zero-order valence-electron chi connectivity index (χ0n) is 8.64. The van der Waals surface area contributed by atoms with Crippen molar-refractivity contribution in [2.24, 2.45) is 0 Å². The van der Waals surface area contributed by atoms with Crippen molar-refractivity contribution >= 4 is 5.82 Å². The molecule has 1 rings (SSSR count). The first-order chi connectivity index (χ1) is 7.31. The summed E-state index contributed by atoms with van der Waals surface area (Å²) in [6, 6.07) is 2.09. The molecule has 5 nitrogen and oxygen atoms in total. The fraction of sp³-hybridized carbons (Fsp3) is 0.500. The second-order valence-corrected chi connectivity index (χ2v) is 3.13. The largest absolute Gasteiger partial charge is 0.396 e. The number of rotatable bonds is 5. The van der Waals surface area contributed by atoms with E-state index in [1.165, 1.54) is 12.4 Å². The molecule has 80 valence electrons. The van der Waals surface area contributed by atoms with E-state index in [4.69, 9.17) is 10.4 Å². The van der Waals surface area contributed by atoms with Crippen molar-refractivity contribution < 1.29 is 5.11 Å². The number of aliphatic hydroxyl groups is 1. The van der Waals surface area contributed by atoms with Crippen LogP contribution in [0.1, 0.15) is 25.5 Å². The molecule has 1 aromatic heterocycles. The summed E-state index contributed by atoms with van der Waals surface area (Å²) < 4.78 is 0. The normalized spacial score (nSPS) is 11.8. The molecule has 1 heterocycles. The third-order valence-corrected chi connectivity index (χ3v) is 2.12. The molecular weight excluding hydrogens is 192 g/mol. The molecule has 0 aliphatic carbocycles. The molecule has 2 N–H and O–H groups in total. The number of nitrogens with one attached hydrogen (secondary N) is 1. The molecule has 0 aromatic carbocycles. The maximum atomic E-state index is 8.83. The van der Waals surface area contributed by atoms with Crippen molar-refractivity contribution in [3.05, 3.63) is 18.1 Å². The van der Waals surface area contributed by atoms with Gasteiger partial charge in [0.2, 0.25) is 0 Å². The van der Waals surface area contributed by atoms with Crippen LogP contribution in [-0.4, -0.2) is 27.7 Å². The molecule has 0 spiro atoms. The number of hydrogen-bond acceptors (Lipinski definition) is 5. The summed E-state index contributed by atoms with van der Waals surface area (Å²) >= 11 is 0. The van der Waals surface area contributed by atoms with E-state index in [0.717, 1.165) is 6.42 Å². The Hall–Kier alpha value is -1.67. The van der Waals surface area contributed by atoms with Gasteiger partial charge in [-0.25, -0.2) is 9.97 Å². The zero-order valence-corrected chi connectivity index (χ0v) is 8.64. The summed E-state index contributed by atoms with van der Waals surface area (Å²) in [5.41, 5.74) is 0.286. The average molecular weight is 206 g/mol. The fourth-order valence-corrected chi connectivity index (χ4v) is 1.25. The summed E-state index contributed by atoms with van der Waals surface area (Å²) in [5.74, 6) is 0.486. The van der Waals surface area contributed by atoms with Crippen molar-refractivity contribution in [3.8, 4) is 6.07 Å². The van der Waals surface area contributed by atoms with Crippen LogP contribution in [0, 0.1) is 11.3 Å². The lowest BCUT2D eigenvalue weighted by atomic mass is 10.1. The van der Waals surface area contributed by atoms with Gasteiger partial charge in [0.15, 0.2) is 11.5 Å². The van der Waals surface area contributed by atoms with E-state index in [1.54, 1.807) is 0 Å². The lowest BCUT2D eigenvalue weighted by Crippen LogP contribution is -2.21. The zero-order chi connectivity index (χ0) is 11.1. The number of anilines is 1. The summed E-state index contributed by atoms with van der Waals surface area (Å²) in [6.07, 6.45) is 4.52. The van der Waals surface area contributed by atoms with Crippen LogP contribution in [-0.2, 0) is 0 Å².